The molecule has 0 fully saturated rings. The number of nitrogens with one attached hydrogen (secondary N) is 2. The molecule has 0 saturated carbocycles. The Kier molecular flexibility index (Phi) is 4.82. The van der Waals surface area contributed by atoms with Gasteiger partial charge in [-0.1, -0.05) is 13.8 Å². The smallest absolute Gasteiger partial charge is 0.293 e. The Labute approximate surface area is 106 Å². The van der Waals surface area contributed by atoms with Crippen molar-refractivity contribution in [1.82, 2.24) is 25.4 Å². The van der Waals surface area contributed by atoms with Crippen molar-refractivity contribution in [3.63, 3.8) is 0 Å². The van der Waals surface area contributed by atoms with Gasteiger partial charge in [-0.25, -0.2) is 4.98 Å². The number of H-pyrrole nitrogens is 1. The summed E-state index contributed by atoms with van der Waals surface area (Å²) in [7, 11) is 1.54. The number of aromatic nitrogens is 3. The molecule has 2 amide bonds. The molecule has 7 heteroatoms. The molecule has 1 heterocycles. The molecule has 0 aromatic carbocycles. The van der Waals surface area contributed by atoms with Crippen LogP contribution in [-0.2, 0) is 4.79 Å². The number of hydrogen-bond acceptors (Lipinski definition) is 4. The Hall–Kier alpha value is -1.92. The molecular formula is C11H19N5O2. The number of rotatable bonds is 5. The summed E-state index contributed by atoms with van der Waals surface area (Å²) in [6.07, 6.45) is 0. The first-order chi connectivity index (χ1) is 8.40. The molecule has 0 aliphatic carbocycles. The number of carbonyl (C=O) groups is 2. The molecule has 0 aliphatic rings. The Morgan fingerprint density at radius 1 is 1.44 bits per heavy atom. The zero-order valence-electron chi connectivity index (χ0n) is 11.1. The van der Waals surface area contributed by atoms with Crippen LogP contribution < -0.4 is 5.32 Å². The molecule has 0 bridgehead atoms. The highest BCUT2D eigenvalue weighted by Gasteiger charge is 2.18. The van der Waals surface area contributed by atoms with Crippen molar-refractivity contribution >= 4 is 11.8 Å². The minimum atomic E-state index is -0.376. The first kappa shape index (κ1) is 14.1. The quantitative estimate of drug-likeness (QED) is 0.770. The fraction of sp³-hybridized carbons (Fsp3) is 0.636. The zero-order chi connectivity index (χ0) is 13.7. The Bertz CT molecular complexity index is 427. The Morgan fingerprint density at radius 3 is 2.61 bits per heavy atom. The van der Waals surface area contributed by atoms with Gasteiger partial charge in [0.1, 0.15) is 5.82 Å². The van der Waals surface area contributed by atoms with Crippen molar-refractivity contribution in [3.8, 4) is 0 Å². The number of amides is 2. The van der Waals surface area contributed by atoms with E-state index in [1.54, 1.807) is 14.0 Å². The number of aromatic amines is 1. The lowest BCUT2D eigenvalue weighted by Crippen LogP contribution is -2.39. The van der Waals surface area contributed by atoms with E-state index in [0.29, 0.717) is 18.3 Å². The highest BCUT2D eigenvalue weighted by Crippen LogP contribution is 1.97. The topological polar surface area (TPSA) is 91.0 Å². The fourth-order valence-corrected chi connectivity index (χ4v) is 1.27. The average Bonchev–Trinajstić information content (AvgIpc) is 2.72. The molecule has 0 spiro atoms. The van der Waals surface area contributed by atoms with Gasteiger partial charge in [0.25, 0.3) is 5.91 Å². The summed E-state index contributed by atoms with van der Waals surface area (Å²) in [6.45, 7) is 6.32. The molecule has 7 nitrogen and oxygen atoms in total. The van der Waals surface area contributed by atoms with Crippen LogP contribution in [0.25, 0.3) is 0 Å². The second kappa shape index (κ2) is 6.13. The maximum absolute atomic E-state index is 11.8. The van der Waals surface area contributed by atoms with E-state index in [-0.39, 0.29) is 24.2 Å². The van der Waals surface area contributed by atoms with E-state index in [0.717, 1.165) is 0 Å². The number of aryl methyl sites for hydroxylation is 1. The van der Waals surface area contributed by atoms with Crippen LogP contribution in [0.2, 0.25) is 0 Å². The third-order valence-electron chi connectivity index (χ3n) is 2.22. The van der Waals surface area contributed by atoms with E-state index in [4.69, 9.17) is 0 Å². The standard InChI is InChI=1S/C11H19N5O2/c1-7(2)5-12-9(17)6-16(4)11(18)10-13-8(3)14-15-10/h7H,5-6H2,1-4H3,(H,12,17)(H,13,14,15). The first-order valence-corrected chi connectivity index (χ1v) is 5.81. The van der Waals surface area contributed by atoms with Crippen molar-refractivity contribution in [2.24, 2.45) is 5.92 Å². The predicted molar refractivity (Wildman–Crippen MR) is 65.9 cm³/mol. The summed E-state index contributed by atoms with van der Waals surface area (Å²) in [5, 5.41) is 9.09. The fourth-order valence-electron chi connectivity index (χ4n) is 1.27. The predicted octanol–water partition coefficient (Wildman–Crippen LogP) is -0.0427. The maximum Gasteiger partial charge on any atom is 0.293 e. The van der Waals surface area contributed by atoms with Gasteiger partial charge in [0, 0.05) is 13.6 Å². The highest BCUT2D eigenvalue weighted by molar-refractivity contribution is 5.93. The molecule has 0 saturated heterocycles. The van der Waals surface area contributed by atoms with E-state index < -0.39 is 0 Å². The number of likely N-dealkylation sites (N-methyl/N-ethyl adjacent to an activating group) is 1. The third kappa shape index (κ3) is 4.15. The Morgan fingerprint density at radius 2 is 2.11 bits per heavy atom. The second-order valence-corrected chi connectivity index (χ2v) is 4.60. The minimum Gasteiger partial charge on any atom is -0.354 e. The molecule has 2 N–H and O–H groups in total. The molecule has 0 aliphatic heterocycles. The van der Waals surface area contributed by atoms with Crippen molar-refractivity contribution in [2.45, 2.75) is 20.8 Å². The maximum atomic E-state index is 11.8. The van der Waals surface area contributed by atoms with Crippen molar-refractivity contribution in [2.75, 3.05) is 20.1 Å². The number of carbonyl (C=O) groups excluding carboxylic acids is 2. The van der Waals surface area contributed by atoms with Gasteiger partial charge in [-0.2, -0.15) is 0 Å². The van der Waals surface area contributed by atoms with Crippen LogP contribution in [0.3, 0.4) is 0 Å². The number of hydrogen-bond donors (Lipinski definition) is 2. The molecule has 1 rings (SSSR count). The van der Waals surface area contributed by atoms with Gasteiger partial charge in [0.05, 0.1) is 6.54 Å². The summed E-state index contributed by atoms with van der Waals surface area (Å²) < 4.78 is 0. The van der Waals surface area contributed by atoms with Crippen LogP contribution in [0.5, 0.6) is 0 Å². The van der Waals surface area contributed by atoms with Gasteiger partial charge < -0.3 is 10.2 Å². The molecule has 100 valence electrons. The first-order valence-electron chi connectivity index (χ1n) is 5.81. The largest absolute Gasteiger partial charge is 0.354 e. The molecule has 1 aromatic rings. The van der Waals surface area contributed by atoms with Gasteiger partial charge in [0.15, 0.2) is 0 Å². The summed E-state index contributed by atoms with van der Waals surface area (Å²) in [4.78, 5) is 28.6. The van der Waals surface area contributed by atoms with Crippen LogP contribution in [0.4, 0.5) is 0 Å². The Balaban J connectivity index is 2.47. The lowest BCUT2D eigenvalue weighted by Gasteiger charge is -2.15. The van der Waals surface area contributed by atoms with E-state index in [2.05, 4.69) is 20.5 Å². The van der Waals surface area contributed by atoms with Gasteiger partial charge >= 0.3 is 0 Å². The molecular weight excluding hydrogens is 234 g/mol. The van der Waals surface area contributed by atoms with Crippen LogP contribution >= 0.6 is 0 Å². The van der Waals surface area contributed by atoms with Crippen molar-refractivity contribution in [3.05, 3.63) is 11.6 Å². The summed E-state index contributed by atoms with van der Waals surface area (Å²) >= 11 is 0. The minimum absolute atomic E-state index is 0.000852. The van der Waals surface area contributed by atoms with E-state index in [1.807, 2.05) is 13.8 Å². The zero-order valence-corrected chi connectivity index (χ0v) is 11.1. The van der Waals surface area contributed by atoms with Crippen LogP contribution in [-0.4, -0.2) is 52.0 Å². The second-order valence-electron chi connectivity index (χ2n) is 4.60. The highest BCUT2D eigenvalue weighted by atomic mass is 16.2. The van der Waals surface area contributed by atoms with E-state index in [1.165, 1.54) is 4.90 Å². The van der Waals surface area contributed by atoms with Crippen LogP contribution in [0, 0.1) is 12.8 Å². The van der Waals surface area contributed by atoms with Crippen molar-refractivity contribution < 1.29 is 9.59 Å². The van der Waals surface area contributed by atoms with E-state index >= 15 is 0 Å². The number of nitrogens with zero attached hydrogens (tertiary/aromatic N) is 3. The molecule has 0 radical (unpaired) electrons. The van der Waals surface area contributed by atoms with Crippen molar-refractivity contribution in [1.29, 1.82) is 0 Å². The molecule has 18 heavy (non-hydrogen) atoms. The summed E-state index contributed by atoms with van der Waals surface area (Å²) in [5.41, 5.74) is 0. The molecule has 1 aromatic heterocycles. The lowest BCUT2D eigenvalue weighted by atomic mass is 10.2. The van der Waals surface area contributed by atoms with Crippen LogP contribution in [0.15, 0.2) is 0 Å². The third-order valence-corrected chi connectivity index (χ3v) is 2.22. The summed E-state index contributed by atoms with van der Waals surface area (Å²) in [6, 6.07) is 0. The monoisotopic (exact) mass is 253 g/mol. The lowest BCUT2D eigenvalue weighted by molar-refractivity contribution is -0.121. The van der Waals surface area contributed by atoms with Crippen LogP contribution in [0.1, 0.15) is 30.3 Å². The van der Waals surface area contributed by atoms with Gasteiger partial charge in [-0.05, 0) is 12.8 Å². The average molecular weight is 253 g/mol. The van der Waals surface area contributed by atoms with Gasteiger partial charge in [0.2, 0.25) is 11.7 Å². The normalized spacial score (nSPS) is 10.5. The van der Waals surface area contributed by atoms with Gasteiger partial charge in [-0.15, -0.1) is 5.10 Å². The molecule has 0 atom stereocenters. The van der Waals surface area contributed by atoms with Gasteiger partial charge in [-0.3, -0.25) is 14.7 Å². The SMILES string of the molecule is Cc1nc(C(=O)N(C)CC(=O)NCC(C)C)n[nH]1. The summed E-state index contributed by atoms with van der Waals surface area (Å²) in [5.74, 6) is 0.458. The van der Waals surface area contributed by atoms with E-state index in [9.17, 15) is 9.59 Å². The molecule has 0 unspecified atom stereocenters.